The van der Waals surface area contributed by atoms with Crippen molar-refractivity contribution in [1.29, 1.82) is 0 Å². The predicted octanol–water partition coefficient (Wildman–Crippen LogP) is -0.722. The molecule has 0 unspecified atom stereocenters. The summed E-state index contributed by atoms with van der Waals surface area (Å²) in [6.45, 7) is 7.69. The molecule has 32 heavy (non-hydrogen) atoms. The molecule has 1 aromatic heterocycles. The minimum atomic E-state index is 0.143. The molecule has 0 spiro atoms. The van der Waals surface area contributed by atoms with Crippen LogP contribution in [0.4, 0.5) is 11.6 Å². The summed E-state index contributed by atoms with van der Waals surface area (Å²) in [5, 5.41) is 6.14. The number of carbonyl (C=O) groups excluding carboxylic acids is 2. The summed E-state index contributed by atoms with van der Waals surface area (Å²) in [6, 6.07) is 0.831. The van der Waals surface area contributed by atoms with Gasteiger partial charge in [-0.3, -0.25) is 19.4 Å². The highest BCUT2D eigenvalue weighted by molar-refractivity contribution is 5.79. The van der Waals surface area contributed by atoms with Gasteiger partial charge in [-0.1, -0.05) is 0 Å². The molecule has 10 heteroatoms. The minimum absolute atomic E-state index is 0.143. The van der Waals surface area contributed by atoms with Crippen molar-refractivity contribution in [1.82, 2.24) is 30.4 Å². The van der Waals surface area contributed by atoms with E-state index in [1.165, 1.54) is 0 Å². The zero-order chi connectivity index (χ0) is 21.9. The first-order chi connectivity index (χ1) is 15.6. The second-order valence-electron chi connectivity index (χ2n) is 9.41. The Labute approximate surface area is 189 Å². The van der Waals surface area contributed by atoms with Crippen LogP contribution in [0.2, 0.25) is 0 Å². The van der Waals surface area contributed by atoms with E-state index in [2.05, 4.69) is 40.2 Å². The topological polar surface area (TPSA) is 96.9 Å². The van der Waals surface area contributed by atoms with Crippen molar-refractivity contribution in [3.63, 3.8) is 0 Å². The lowest BCUT2D eigenvalue weighted by Crippen LogP contribution is -2.52. The molecule has 2 saturated heterocycles. The van der Waals surface area contributed by atoms with Gasteiger partial charge in [0.1, 0.15) is 0 Å². The van der Waals surface area contributed by atoms with Crippen molar-refractivity contribution in [2.75, 3.05) is 75.2 Å². The van der Waals surface area contributed by atoms with Crippen molar-refractivity contribution in [3.05, 3.63) is 12.4 Å². The number of rotatable bonds is 8. The maximum absolute atomic E-state index is 12.1. The third-order valence-electron chi connectivity index (χ3n) is 6.62. The third kappa shape index (κ3) is 5.66. The van der Waals surface area contributed by atoms with Crippen LogP contribution in [0.1, 0.15) is 25.7 Å². The van der Waals surface area contributed by atoms with E-state index in [4.69, 9.17) is 0 Å². The van der Waals surface area contributed by atoms with Crippen LogP contribution in [0.15, 0.2) is 12.4 Å². The van der Waals surface area contributed by atoms with Gasteiger partial charge in [0.2, 0.25) is 11.8 Å². The van der Waals surface area contributed by atoms with Gasteiger partial charge in [0.15, 0.2) is 11.6 Å². The van der Waals surface area contributed by atoms with E-state index < -0.39 is 0 Å². The summed E-state index contributed by atoms with van der Waals surface area (Å²) >= 11 is 0. The van der Waals surface area contributed by atoms with E-state index in [-0.39, 0.29) is 11.8 Å². The lowest BCUT2D eigenvalue weighted by Gasteiger charge is -2.39. The fourth-order valence-electron chi connectivity index (χ4n) is 4.41. The first kappa shape index (κ1) is 21.4. The van der Waals surface area contributed by atoms with Crippen LogP contribution in [0.3, 0.4) is 0 Å². The fraction of sp³-hybridized carbons (Fsp3) is 0.727. The number of hydrogen-bond donors (Lipinski definition) is 2. The first-order valence-corrected chi connectivity index (χ1v) is 12.0. The van der Waals surface area contributed by atoms with Gasteiger partial charge in [-0.25, -0.2) is 9.97 Å². The number of amides is 2. The van der Waals surface area contributed by atoms with Gasteiger partial charge < -0.3 is 20.4 Å². The summed E-state index contributed by atoms with van der Waals surface area (Å²) < 4.78 is 0. The Morgan fingerprint density at radius 1 is 0.688 bits per heavy atom. The van der Waals surface area contributed by atoms with Crippen LogP contribution >= 0.6 is 0 Å². The van der Waals surface area contributed by atoms with Gasteiger partial charge >= 0.3 is 0 Å². The van der Waals surface area contributed by atoms with Crippen LogP contribution < -0.4 is 20.4 Å². The number of carbonyl (C=O) groups is 2. The Kier molecular flexibility index (Phi) is 6.40. The maximum Gasteiger partial charge on any atom is 0.234 e. The minimum Gasteiger partial charge on any atom is -0.352 e. The van der Waals surface area contributed by atoms with Gasteiger partial charge in [-0.2, -0.15) is 0 Å². The standard InChI is InChI=1S/C22H34N8O2/c31-19(25-17-1-2-17)15-27-7-11-29(12-8-27)21-22(24-6-5-23-21)30-13-9-28(10-14-30)16-20(32)26-18-3-4-18/h5-6,17-18H,1-4,7-16H2,(H,25,31)(H,26,32). The number of nitrogens with one attached hydrogen (secondary N) is 2. The van der Waals surface area contributed by atoms with Gasteiger partial charge in [-0.05, 0) is 25.7 Å². The fourth-order valence-corrected chi connectivity index (χ4v) is 4.41. The molecular weight excluding hydrogens is 408 g/mol. The van der Waals surface area contributed by atoms with Gasteiger partial charge in [-0.15, -0.1) is 0 Å². The molecule has 2 aliphatic heterocycles. The molecule has 2 aliphatic carbocycles. The van der Waals surface area contributed by atoms with Crippen LogP contribution in [-0.4, -0.2) is 109 Å². The number of hydrogen-bond acceptors (Lipinski definition) is 8. The van der Waals surface area contributed by atoms with E-state index in [1.807, 2.05) is 0 Å². The highest BCUT2D eigenvalue weighted by atomic mass is 16.2. The van der Waals surface area contributed by atoms with Crippen molar-refractivity contribution >= 4 is 23.5 Å². The van der Waals surface area contributed by atoms with Crippen LogP contribution in [-0.2, 0) is 9.59 Å². The second-order valence-corrected chi connectivity index (χ2v) is 9.41. The molecule has 4 fully saturated rings. The molecule has 0 bridgehead atoms. The largest absolute Gasteiger partial charge is 0.352 e. The SMILES string of the molecule is O=C(CN1CCN(c2nccnc2N2CCN(CC(=O)NC3CC3)CC2)CC1)NC1CC1. The van der Waals surface area contributed by atoms with E-state index in [1.54, 1.807) is 12.4 Å². The number of aromatic nitrogens is 2. The molecule has 174 valence electrons. The number of anilines is 2. The van der Waals surface area contributed by atoms with E-state index >= 15 is 0 Å². The molecular formula is C22H34N8O2. The zero-order valence-electron chi connectivity index (χ0n) is 18.7. The normalized spacial score (nSPS) is 22.6. The lowest BCUT2D eigenvalue weighted by molar-refractivity contribution is -0.123. The quantitative estimate of drug-likeness (QED) is 0.545. The highest BCUT2D eigenvalue weighted by Gasteiger charge is 2.29. The Balaban J connectivity index is 1.12. The van der Waals surface area contributed by atoms with Crippen LogP contribution in [0, 0.1) is 0 Å². The van der Waals surface area contributed by atoms with Crippen molar-refractivity contribution in [2.45, 2.75) is 37.8 Å². The first-order valence-electron chi connectivity index (χ1n) is 12.0. The molecule has 0 atom stereocenters. The summed E-state index contributed by atoms with van der Waals surface area (Å²) in [4.78, 5) is 42.5. The third-order valence-corrected chi connectivity index (χ3v) is 6.62. The monoisotopic (exact) mass is 442 g/mol. The van der Waals surface area contributed by atoms with Crippen LogP contribution in [0.25, 0.3) is 0 Å². The maximum atomic E-state index is 12.1. The summed E-state index contributed by atoms with van der Waals surface area (Å²) in [5.41, 5.74) is 0. The molecule has 2 N–H and O–H groups in total. The summed E-state index contributed by atoms with van der Waals surface area (Å²) in [5.74, 6) is 2.14. The van der Waals surface area contributed by atoms with Gasteiger partial charge in [0, 0.05) is 76.8 Å². The van der Waals surface area contributed by atoms with Gasteiger partial charge in [0.05, 0.1) is 13.1 Å². The lowest BCUT2D eigenvalue weighted by atomic mass is 10.2. The second kappa shape index (κ2) is 9.58. The van der Waals surface area contributed by atoms with E-state index in [0.717, 1.165) is 89.7 Å². The molecule has 2 saturated carbocycles. The molecule has 1 aromatic rings. The van der Waals surface area contributed by atoms with Crippen molar-refractivity contribution < 1.29 is 9.59 Å². The van der Waals surface area contributed by atoms with E-state index in [0.29, 0.717) is 25.2 Å². The molecule has 0 radical (unpaired) electrons. The van der Waals surface area contributed by atoms with Crippen molar-refractivity contribution in [3.8, 4) is 0 Å². The van der Waals surface area contributed by atoms with Crippen molar-refractivity contribution in [2.24, 2.45) is 0 Å². The average Bonchev–Trinajstić information content (AvgIpc) is 3.73. The van der Waals surface area contributed by atoms with Gasteiger partial charge in [0.25, 0.3) is 0 Å². The molecule has 5 rings (SSSR count). The Bertz CT molecular complexity index is 745. The summed E-state index contributed by atoms with van der Waals surface area (Å²) in [7, 11) is 0. The smallest absolute Gasteiger partial charge is 0.234 e. The molecule has 4 aliphatic rings. The Morgan fingerprint density at radius 3 is 1.41 bits per heavy atom. The summed E-state index contributed by atoms with van der Waals surface area (Å²) in [6.07, 6.45) is 8.00. The molecule has 0 aromatic carbocycles. The molecule has 3 heterocycles. The predicted molar refractivity (Wildman–Crippen MR) is 122 cm³/mol. The number of nitrogens with zero attached hydrogens (tertiary/aromatic N) is 6. The molecule has 2 amide bonds. The highest BCUT2D eigenvalue weighted by Crippen LogP contribution is 2.26. The zero-order valence-corrected chi connectivity index (χ0v) is 18.7. The Hall–Kier alpha value is -2.46. The van der Waals surface area contributed by atoms with Crippen LogP contribution in [0.5, 0.6) is 0 Å². The van der Waals surface area contributed by atoms with E-state index in [9.17, 15) is 9.59 Å². The number of piperazine rings is 2. The average molecular weight is 443 g/mol. The Morgan fingerprint density at radius 2 is 1.06 bits per heavy atom. The molecule has 10 nitrogen and oxygen atoms in total.